The van der Waals surface area contributed by atoms with Crippen LogP contribution < -0.4 is 0 Å². The summed E-state index contributed by atoms with van der Waals surface area (Å²) in [5, 5.41) is 0. The normalized spacial score (nSPS) is 12.7. The maximum Gasteiger partial charge on any atom is 0.269 e. The number of hydrogen-bond acceptors (Lipinski definition) is 6. The van der Waals surface area contributed by atoms with Crippen molar-refractivity contribution >= 4 is 20.2 Å². The minimum atomic E-state index is -3.70. The van der Waals surface area contributed by atoms with E-state index in [4.69, 9.17) is 0 Å². The first-order valence-corrected chi connectivity index (χ1v) is 10.7. The van der Waals surface area contributed by atoms with E-state index in [9.17, 15) is 16.8 Å². The van der Waals surface area contributed by atoms with Gasteiger partial charge >= 0.3 is 0 Å². The van der Waals surface area contributed by atoms with Crippen LogP contribution in [0.5, 0.6) is 0 Å². The quantitative estimate of drug-likeness (QED) is 0.273. The molecule has 8 heteroatoms. The zero-order valence-corrected chi connectivity index (χ0v) is 14.7. The molecule has 0 spiro atoms. The molecule has 6 nitrogen and oxygen atoms in total. The van der Waals surface area contributed by atoms with Crippen LogP contribution in [0.1, 0.15) is 65.2 Å². The van der Waals surface area contributed by atoms with Gasteiger partial charge in [-0.15, -0.1) is 0 Å². The summed E-state index contributed by atoms with van der Waals surface area (Å²) in [4.78, 5) is 0. The second kappa shape index (κ2) is 11.4. The highest BCUT2D eigenvalue weighted by atomic mass is 32.2. The molecule has 0 unspecified atom stereocenters. The summed E-state index contributed by atoms with van der Waals surface area (Å²) >= 11 is 0. The highest BCUT2D eigenvalue weighted by Crippen LogP contribution is 2.07. The number of rotatable bonds is 14. The Morgan fingerprint density at radius 3 is 1.33 bits per heavy atom. The van der Waals surface area contributed by atoms with Crippen molar-refractivity contribution < 1.29 is 25.2 Å². The maximum atomic E-state index is 11.5. The highest BCUT2D eigenvalue weighted by molar-refractivity contribution is 7.87. The Morgan fingerprint density at radius 1 is 0.619 bits per heavy atom. The molecular formula is C13H28O6S2. The van der Waals surface area contributed by atoms with Gasteiger partial charge in [-0.25, -0.2) is 8.37 Å². The molecule has 0 radical (unpaired) electrons. The molecule has 0 fully saturated rings. The third-order valence-corrected chi connectivity index (χ3v) is 5.44. The first-order chi connectivity index (χ1) is 9.83. The first-order valence-electron chi connectivity index (χ1n) is 7.57. The number of unbranched alkanes of at least 4 members (excludes halogenated alkanes) is 6. The van der Waals surface area contributed by atoms with Gasteiger partial charge in [0.1, 0.15) is 0 Å². The van der Waals surface area contributed by atoms with Gasteiger partial charge in [0.15, 0.2) is 6.79 Å². The van der Waals surface area contributed by atoms with E-state index in [0.29, 0.717) is 12.8 Å². The molecule has 0 amide bonds. The summed E-state index contributed by atoms with van der Waals surface area (Å²) in [6.07, 6.45) is 6.63. The minimum absolute atomic E-state index is 0.104. The molecule has 0 N–H and O–H groups in total. The van der Waals surface area contributed by atoms with Gasteiger partial charge in [0.25, 0.3) is 20.2 Å². The second-order valence-corrected chi connectivity index (χ2v) is 8.52. The molecule has 0 heterocycles. The van der Waals surface area contributed by atoms with E-state index in [2.05, 4.69) is 8.37 Å². The topological polar surface area (TPSA) is 86.7 Å². The summed E-state index contributed by atoms with van der Waals surface area (Å²) in [6, 6.07) is 0. The fraction of sp³-hybridized carbons (Fsp3) is 1.00. The van der Waals surface area contributed by atoms with Gasteiger partial charge in [0.2, 0.25) is 0 Å². The Bertz CT molecular complexity index is 399. The molecule has 0 aromatic rings. The van der Waals surface area contributed by atoms with E-state index >= 15 is 0 Å². The van der Waals surface area contributed by atoms with E-state index in [1.165, 1.54) is 0 Å². The van der Waals surface area contributed by atoms with Crippen molar-refractivity contribution in [2.45, 2.75) is 65.2 Å². The van der Waals surface area contributed by atoms with Crippen LogP contribution in [0.3, 0.4) is 0 Å². The molecule has 21 heavy (non-hydrogen) atoms. The zero-order chi connectivity index (χ0) is 16.2. The van der Waals surface area contributed by atoms with Crippen LogP contribution >= 0.6 is 0 Å². The van der Waals surface area contributed by atoms with Crippen molar-refractivity contribution in [2.75, 3.05) is 18.3 Å². The van der Waals surface area contributed by atoms with Crippen molar-refractivity contribution in [1.82, 2.24) is 0 Å². The second-order valence-electron chi connectivity index (χ2n) is 5.00. The fourth-order valence-electron chi connectivity index (χ4n) is 1.70. The highest BCUT2D eigenvalue weighted by Gasteiger charge is 2.15. The third-order valence-electron chi connectivity index (χ3n) is 2.95. The number of hydrogen-bond donors (Lipinski definition) is 0. The molecule has 0 aliphatic carbocycles. The van der Waals surface area contributed by atoms with Gasteiger partial charge in [-0.05, 0) is 12.8 Å². The zero-order valence-electron chi connectivity index (χ0n) is 13.0. The van der Waals surface area contributed by atoms with Gasteiger partial charge in [0, 0.05) is 0 Å². The lowest BCUT2D eigenvalue weighted by atomic mass is 10.2. The Balaban J connectivity index is 3.89. The first kappa shape index (κ1) is 20.8. The van der Waals surface area contributed by atoms with Crippen molar-refractivity contribution in [2.24, 2.45) is 0 Å². The molecule has 128 valence electrons. The van der Waals surface area contributed by atoms with Gasteiger partial charge in [0.05, 0.1) is 11.5 Å². The van der Waals surface area contributed by atoms with E-state index < -0.39 is 27.0 Å². The van der Waals surface area contributed by atoms with Gasteiger partial charge in [-0.1, -0.05) is 52.4 Å². The van der Waals surface area contributed by atoms with Crippen LogP contribution in [0.25, 0.3) is 0 Å². The SMILES string of the molecule is CCCCCCS(=O)(=O)OCOS(=O)(=O)CCCCCC. The maximum absolute atomic E-state index is 11.5. The van der Waals surface area contributed by atoms with Gasteiger partial charge < -0.3 is 0 Å². The lowest BCUT2D eigenvalue weighted by molar-refractivity contribution is 0.132. The summed E-state index contributed by atoms with van der Waals surface area (Å²) in [5.41, 5.74) is 0. The van der Waals surface area contributed by atoms with Crippen molar-refractivity contribution in [1.29, 1.82) is 0 Å². The molecule has 0 atom stereocenters. The van der Waals surface area contributed by atoms with Crippen LogP contribution in [-0.2, 0) is 28.6 Å². The van der Waals surface area contributed by atoms with E-state index in [1.54, 1.807) is 0 Å². The Labute approximate surface area is 129 Å². The largest absolute Gasteiger partial charge is 0.269 e. The minimum Gasteiger partial charge on any atom is -0.240 e. The lowest BCUT2D eigenvalue weighted by Gasteiger charge is -2.07. The van der Waals surface area contributed by atoms with Crippen LogP contribution in [0.15, 0.2) is 0 Å². The average Bonchev–Trinajstić information content (AvgIpc) is 2.39. The summed E-state index contributed by atoms with van der Waals surface area (Å²) in [7, 11) is -7.41. The van der Waals surface area contributed by atoms with E-state index in [0.717, 1.165) is 38.5 Å². The lowest BCUT2D eigenvalue weighted by Crippen LogP contribution is -2.17. The monoisotopic (exact) mass is 344 g/mol. The molecule has 0 rings (SSSR count). The van der Waals surface area contributed by atoms with Crippen LogP contribution in [-0.4, -0.2) is 35.1 Å². The fourth-order valence-corrected chi connectivity index (χ4v) is 3.50. The van der Waals surface area contributed by atoms with E-state index in [1.807, 2.05) is 13.8 Å². The Hall–Kier alpha value is -0.180. The van der Waals surface area contributed by atoms with Gasteiger partial charge in [-0.3, -0.25) is 0 Å². The third kappa shape index (κ3) is 13.2. The molecule has 0 aliphatic rings. The summed E-state index contributed by atoms with van der Waals surface area (Å²) in [5.74, 6) is -0.209. The van der Waals surface area contributed by atoms with Crippen molar-refractivity contribution in [3.8, 4) is 0 Å². The van der Waals surface area contributed by atoms with Crippen molar-refractivity contribution in [3.63, 3.8) is 0 Å². The Morgan fingerprint density at radius 2 is 1.00 bits per heavy atom. The molecular weight excluding hydrogens is 316 g/mol. The van der Waals surface area contributed by atoms with Crippen LogP contribution in [0.2, 0.25) is 0 Å². The van der Waals surface area contributed by atoms with Gasteiger partial charge in [-0.2, -0.15) is 16.8 Å². The predicted octanol–water partition coefficient (Wildman–Crippen LogP) is 2.80. The smallest absolute Gasteiger partial charge is 0.240 e. The molecule has 0 saturated carbocycles. The van der Waals surface area contributed by atoms with Crippen LogP contribution in [0, 0.1) is 0 Å². The average molecular weight is 344 g/mol. The summed E-state index contributed by atoms with van der Waals surface area (Å²) in [6.45, 7) is 3.31. The molecule has 0 bridgehead atoms. The van der Waals surface area contributed by atoms with E-state index in [-0.39, 0.29) is 11.5 Å². The Kier molecular flexibility index (Phi) is 11.3. The summed E-state index contributed by atoms with van der Waals surface area (Å²) < 4.78 is 55.0. The molecule has 0 aromatic carbocycles. The van der Waals surface area contributed by atoms with Crippen LogP contribution in [0.4, 0.5) is 0 Å². The standard InChI is InChI=1S/C13H28O6S2/c1-3-5-7-9-11-20(14,15)18-13-19-21(16,17)12-10-8-6-4-2/h3-13H2,1-2H3. The molecule has 0 saturated heterocycles. The molecule has 0 aromatic heterocycles. The predicted molar refractivity (Wildman–Crippen MR) is 82.9 cm³/mol. The van der Waals surface area contributed by atoms with Crippen molar-refractivity contribution in [3.05, 3.63) is 0 Å². The molecule has 0 aliphatic heterocycles.